The number of para-hydroxylation sites is 2. The smallest absolute Gasteiger partial charge is 0.280 e. The summed E-state index contributed by atoms with van der Waals surface area (Å²) >= 11 is 6.99. The third-order valence-electron chi connectivity index (χ3n) is 3.02. The summed E-state index contributed by atoms with van der Waals surface area (Å²) in [5.74, 6) is -1.76. The Bertz CT molecular complexity index is 914. The van der Waals surface area contributed by atoms with E-state index < -0.39 is 11.6 Å². The third-order valence-corrected chi connectivity index (χ3v) is 4.38. The maximum absolute atomic E-state index is 13.2. The number of thioether (sulfide) groups is 1. The molecule has 0 aliphatic rings. The maximum atomic E-state index is 13.2. The summed E-state index contributed by atoms with van der Waals surface area (Å²) in [6.07, 6.45) is 0. The summed E-state index contributed by atoms with van der Waals surface area (Å²) in [7, 11) is 0. The van der Waals surface area contributed by atoms with E-state index in [-0.39, 0.29) is 21.4 Å². The van der Waals surface area contributed by atoms with Crippen LogP contribution in [0.5, 0.6) is 0 Å². The zero-order valence-electron chi connectivity index (χ0n) is 11.1. The molecule has 0 saturated heterocycles. The SMILES string of the molecule is O=c1[nH]c2ccccc2nc1SCc1cc(F)c(F)cc1Cl. The Balaban J connectivity index is 1.89. The topological polar surface area (TPSA) is 45.8 Å². The van der Waals surface area contributed by atoms with Crippen molar-refractivity contribution in [3.05, 3.63) is 69.0 Å². The van der Waals surface area contributed by atoms with Crippen LogP contribution in [-0.2, 0) is 5.75 Å². The molecular weight excluding hydrogens is 330 g/mol. The van der Waals surface area contributed by atoms with Crippen LogP contribution < -0.4 is 5.56 Å². The summed E-state index contributed by atoms with van der Waals surface area (Å²) in [4.78, 5) is 18.9. The van der Waals surface area contributed by atoms with Gasteiger partial charge < -0.3 is 4.98 Å². The van der Waals surface area contributed by atoms with Crippen LogP contribution in [0.3, 0.4) is 0 Å². The van der Waals surface area contributed by atoms with E-state index in [0.717, 1.165) is 23.9 Å². The van der Waals surface area contributed by atoms with Crippen molar-refractivity contribution in [2.75, 3.05) is 0 Å². The van der Waals surface area contributed by atoms with Crippen LogP contribution in [0, 0.1) is 11.6 Å². The highest BCUT2D eigenvalue weighted by molar-refractivity contribution is 7.98. The molecule has 1 N–H and O–H groups in total. The van der Waals surface area contributed by atoms with Gasteiger partial charge in [0.1, 0.15) is 0 Å². The molecule has 3 aromatic rings. The molecule has 0 bridgehead atoms. The predicted octanol–water partition coefficient (Wildman–Crippen LogP) is 4.15. The molecule has 7 heteroatoms. The number of hydrogen-bond acceptors (Lipinski definition) is 3. The molecule has 112 valence electrons. The van der Waals surface area contributed by atoms with E-state index in [9.17, 15) is 13.6 Å². The molecule has 22 heavy (non-hydrogen) atoms. The van der Waals surface area contributed by atoms with Gasteiger partial charge in [-0.25, -0.2) is 13.8 Å². The van der Waals surface area contributed by atoms with Crippen molar-refractivity contribution in [3.8, 4) is 0 Å². The zero-order valence-corrected chi connectivity index (χ0v) is 12.6. The largest absolute Gasteiger partial charge is 0.318 e. The summed E-state index contributed by atoms with van der Waals surface area (Å²) in [5, 5.41) is 0.364. The Morgan fingerprint density at radius 1 is 1.18 bits per heavy atom. The molecule has 0 aliphatic carbocycles. The minimum atomic E-state index is -1.000. The molecule has 0 radical (unpaired) electrons. The van der Waals surface area contributed by atoms with Gasteiger partial charge in [-0.2, -0.15) is 0 Å². The number of aromatic nitrogens is 2. The van der Waals surface area contributed by atoms with Gasteiger partial charge in [0.15, 0.2) is 16.7 Å². The van der Waals surface area contributed by atoms with Gasteiger partial charge in [-0.1, -0.05) is 35.5 Å². The Morgan fingerprint density at radius 2 is 1.91 bits per heavy atom. The Morgan fingerprint density at radius 3 is 2.73 bits per heavy atom. The Labute approximate surface area is 133 Å². The first-order valence-electron chi connectivity index (χ1n) is 6.30. The number of fused-ring (bicyclic) bond motifs is 1. The van der Waals surface area contributed by atoms with Gasteiger partial charge in [-0.05, 0) is 29.8 Å². The van der Waals surface area contributed by atoms with Gasteiger partial charge in [-0.15, -0.1) is 0 Å². The molecule has 0 saturated carbocycles. The summed E-state index contributed by atoms with van der Waals surface area (Å²) < 4.78 is 26.3. The number of nitrogens with zero attached hydrogens (tertiary/aromatic N) is 1. The van der Waals surface area contributed by atoms with Crippen LogP contribution in [0.4, 0.5) is 8.78 Å². The number of benzene rings is 2. The van der Waals surface area contributed by atoms with E-state index in [1.54, 1.807) is 18.2 Å². The van der Waals surface area contributed by atoms with Crippen molar-refractivity contribution in [2.45, 2.75) is 10.8 Å². The van der Waals surface area contributed by atoms with Crippen LogP contribution in [-0.4, -0.2) is 9.97 Å². The quantitative estimate of drug-likeness (QED) is 0.576. The molecule has 3 rings (SSSR count). The molecule has 0 atom stereocenters. The van der Waals surface area contributed by atoms with E-state index in [2.05, 4.69) is 9.97 Å². The second-order valence-corrected chi connectivity index (χ2v) is 5.91. The molecule has 1 heterocycles. The van der Waals surface area contributed by atoms with Crippen LogP contribution in [0.15, 0.2) is 46.2 Å². The van der Waals surface area contributed by atoms with Crippen LogP contribution >= 0.6 is 23.4 Å². The van der Waals surface area contributed by atoms with Crippen molar-refractivity contribution in [1.82, 2.24) is 9.97 Å². The second kappa shape index (κ2) is 6.06. The zero-order chi connectivity index (χ0) is 15.7. The number of nitrogens with one attached hydrogen (secondary N) is 1. The van der Waals surface area contributed by atoms with E-state index in [0.29, 0.717) is 16.6 Å². The highest BCUT2D eigenvalue weighted by Crippen LogP contribution is 2.26. The Hall–Kier alpha value is -1.92. The molecule has 2 aromatic carbocycles. The first-order chi connectivity index (χ1) is 10.5. The molecule has 0 aliphatic heterocycles. The van der Waals surface area contributed by atoms with E-state index in [1.807, 2.05) is 6.07 Å². The lowest BCUT2D eigenvalue weighted by atomic mass is 10.2. The number of H-pyrrole nitrogens is 1. The third kappa shape index (κ3) is 2.98. The molecule has 0 fully saturated rings. The minimum absolute atomic E-state index is 0.114. The van der Waals surface area contributed by atoms with Crippen LogP contribution in [0.2, 0.25) is 5.02 Å². The number of halogens is 3. The fourth-order valence-electron chi connectivity index (χ4n) is 1.93. The molecular formula is C15H9ClF2N2OS. The molecule has 1 aromatic heterocycles. The van der Waals surface area contributed by atoms with Crippen LogP contribution in [0.1, 0.15) is 5.56 Å². The Kier molecular flexibility index (Phi) is 4.13. The summed E-state index contributed by atoms with van der Waals surface area (Å²) in [6, 6.07) is 9.09. The molecule has 0 amide bonds. The van der Waals surface area contributed by atoms with E-state index >= 15 is 0 Å². The first kappa shape index (κ1) is 15.0. The van der Waals surface area contributed by atoms with Crippen molar-refractivity contribution >= 4 is 34.4 Å². The van der Waals surface area contributed by atoms with Crippen LogP contribution in [0.25, 0.3) is 11.0 Å². The van der Waals surface area contributed by atoms with Crippen molar-refractivity contribution < 1.29 is 8.78 Å². The average molecular weight is 339 g/mol. The van der Waals surface area contributed by atoms with Gasteiger partial charge in [0.2, 0.25) is 0 Å². The minimum Gasteiger partial charge on any atom is -0.318 e. The van der Waals surface area contributed by atoms with E-state index in [1.165, 1.54) is 0 Å². The fraction of sp³-hybridized carbons (Fsp3) is 0.0667. The maximum Gasteiger partial charge on any atom is 0.280 e. The molecule has 3 nitrogen and oxygen atoms in total. The lowest BCUT2D eigenvalue weighted by molar-refractivity contribution is 0.507. The number of rotatable bonds is 3. The van der Waals surface area contributed by atoms with Gasteiger partial charge in [-0.3, -0.25) is 4.79 Å². The van der Waals surface area contributed by atoms with Crippen molar-refractivity contribution in [1.29, 1.82) is 0 Å². The van der Waals surface area contributed by atoms with Crippen molar-refractivity contribution in [2.24, 2.45) is 0 Å². The summed E-state index contributed by atoms with van der Waals surface area (Å²) in [6.45, 7) is 0. The monoisotopic (exact) mass is 338 g/mol. The fourth-order valence-corrected chi connectivity index (χ4v) is 3.10. The lowest BCUT2D eigenvalue weighted by Gasteiger charge is -2.05. The normalized spacial score (nSPS) is 11.0. The van der Waals surface area contributed by atoms with Gasteiger partial charge >= 0.3 is 0 Å². The number of aromatic amines is 1. The predicted molar refractivity (Wildman–Crippen MR) is 83.3 cm³/mol. The average Bonchev–Trinajstić information content (AvgIpc) is 2.49. The molecule has 0 unspecified atom stereocenters. The van der Waals surface area contributed by atoms with E-state index in [4.69, 9.17) is 11.6 Å². The van der Waals surface area contributed by atoms with Gasteiger partial charge in [0, 0.05) is 10.8 Å². The molecule has 0 spiro atoms. The standard InChI is InChI=1S/C15H9ClF2N2OS/c16-9-6-11(18)10(17)5-8(9)7-22-15-14(21)19-12-3-1-2-4-13(12)20-15/h1-6H,7H2,(H,19,21). The summed E-state index contributed by atoms with van der Waals surface area (Å²) in [5.41, 5.74) is 1.37. The lowest BCUT2D eigenvalue weighted by Crippen LogP contribution is -2.10. The number of hydrogen-bond donors (Lipinski definition) is 1. The second-order valence-electron chi connectivity index (χ2n) is 4.53. The van der Waals surface area contributed by atoms with Gasteiger partial charge in [0.05, 0.1) is 11.0 Å². The van der Waals surface area contributed by atoms with Crippen molar-refractivity contribution in [3.63, 3.8) is 0 Å². The highest BCUT2D eigenvalue weighted by Gasteiger charge is 2.11. The first-order valence-corrected chi connectivity index (χ1v) is 7.66. The van der Waals surface area contributed by atoms with Gasteiger partial charge in [0.25, 0.3) is 5.56 Å². The highest BCUT2D eigenvalue weighted by atomic mass is 35.5.